The van der Waals surface area contributed by atoms with Crippen LogP contribution in [0, 0.1) is 0 Å². The van der Waals surface area contributed by atoms with Crippen LogP contribution in [0.1, 0.15) is 158 Å². The van der Waals surface area contributed by atoms with Crippen molar-refractivity contribution in [3.05, 3.63) is 0 Å². The van der Waals surface area contributed by atoms with Gasteiger partial charge in [0.25, 0.3) is 0 Å². The lowest BCUT2D eigenvalue weighted by molar-refractivity contribution is -0.192. The monoisotopic (exact) mass is 832 g/mol. The standard InChI is InChI=1S/C42H77N3O13/c1-8-45(56-30-29-54-32-36(48)43-25-26-53-27-28-55-33-38(49)50)40(52)34(46)31-37(57-41(2,3)4)44-35(47)23-21-19-17-15-13-11-9-10-12-14-16-18-20-22-24-39(51)58-42(5,6)7/h37H,8-33H2,1-7H3,(H,43,48)(H,44,47)(H,49,50)/t37-/m0/s1. The minimum absolute atomic E-state index is 0.0165. The summed E-state index contributed by atoms with van der Waals surface area (Å²) >= 11 is 0. The van der Waals surface area contributed by atoms with Gasteiger partial charge in [0, 0.05) is 25.9 Å². The van der Waals surface area contributed by atoms with Gasteiger partial charge in [-0.3, -0.25) is 28.8 Å². The van der Waals surface area contributed by atoms with Crippen LogP contribution in [-0.4, -0.2) is 122 Å². The number of ketones is 1. The predicted molar refractivity (Wildman–Crippen MR) is 219 cm³/mol. The van der Waals surface area contributed by atoms with E-state index in [1.807, 2.05) is 20.8 Å². The van der Waals surface area contributed by atoms with Gasteiger partial charge < -0.3 is 39.4 Å². The van der Waals surface area contributed by atoms with Gasteiger partial charge in [0.05, 0.1) is 45.1 Å². The van der Waals surface area contributed by atoms with Gasteiger partial charge in [-0.05, 0) is 61.3 Å². The maximum absolute atomic E-state index is 12.9. The van der Waals surface area contributed by atoms with Gasteiger partial charge in [-0.1, -0.05) is 77.0 Å². The van der Waals surface area contributed by atoms with Crippen molar-refractivity contribution in [1.29, 1.82) is 0 Å². The topological polar surface area (TPSA) is 205 Å². The molecule has 0 bridgehead atoms. The number of esters is 1. The lowest BCUT2D eigenvalue weighted by atomic mass is 10.0. The second kappa shape index (κ2) is 33.6. The van der Waals surface area contributed by atoms with E-state index >= 15 is 0 Å². The summed E-state index contributed by atoms with van der Waals surface area (Å²) in [6.07, 6.45) is 15.1. The highest BCUT2D eigenvalue weighted by Crippen LogP contribution is 2.16. The number of carbonyl (C=O) groups is 6. The Balaban J connectivity index is 4.17. The highest BCUT2D eigenvalue weighted by atomic mass is 16.7. The normalized spacial score (nSPS) is 12.2. The number of likely N-dealkylation sites (N-methyl/N-ethyl adjacent to an activating group) is 1. The molecule has 0 aromatic heterocycles. The molecule has 58 heavy (non-hydrogen) atoms. The second-order valence-electron chi connectivity index (χ2n) is 16.2. The van der Waals surface area contributed by atoms with Crippen LogP contribution in [0.2, 0.25) is 0 Å². The van der Waals surface area contributed by atoms with E-state index in [9.17, 15) is 28.8 Å². The molecule has 0 aliphatic rings. The number of unbranched alkanes of at least 4 members (excludes halogenated alkanes) is 13. The van der Waals surface area contributed by atoms with Crippen LogP contribution >= 0.6 is 0 Å². The SMILES string of the molecule is CCN(OCCOCC(=O)NCCOCCOCC(=O)O)C(=O)C(=O)C[C@@H](NC(=O)CCCCCCCCCCCCCCCCC(=O)OC(C)(C)C)OC(C)(C)C. The van der Waals surface area contributed by atoms with Crippen LogP contribution in [0.25, 0.3) is 0 Å². The summed E-state index contributed by atoms with van der Waals surface area (Å²) in [5.41, 5.74) is -1.09. The summed E-state index contributed by atoms with van der Waals surface area (Å²) in [5, 5.41) is 14.8. The number of carboxylic acid groups (broad SMARTS) is 1. The van der Waals surface area contributed by atoms with Gasteiger partial charge in [0.15, 0.2) is 0 Å². The first kappa shape index (κ1) is 54.8. The van der Waals surface area contributed by atoms with Crippen molar-refractivity contribution < 1.29 is 62.4 Å². The number of amides is 3. The molecular formula is C42H77N3O13. The number of hydrogen-bond acceptors (Lipinski definition) is 12. The van der Waals surface area contributed by atoms with Crippen molar-refractivity contribution in [3.8, 4) is 0 Å². The third-order valence-corrected chi connectivity index (χ3v) is 8.27. The third kappa shape index (κ3) is 35.9. The summed E-state index contributed by atoms with van der Waals surface area (Å²) in [6.45, 7) is 12.8. The molecule has 0 unspecified atom stereocenters. The van der Waals surface area contributed by atoms with Gasteiger partial charge in [-0.2, -0.15) is 0 Å². The Morgan fingerprint density at radius 3 is 1.62 bits per heavy atom. The smallest absolute Gasteiger partial charge is 0.329 e. The number of nitrogens with zero attached hydrogens (tertiary/aromatic N) is 1. The highest BCUT2D eigenvalue weighted by Gasteiger charge is 2.29. The fourth-order valence-corrected chi connectivity index (χ4v) is 5.62. The van der Waals surface area contributed by atoms with E-state index in [1.165, 1.54) is 51.4 Å². The van der Waals surface area contributed by atoms with Gasteiger partial charge in [0.2, 0.25) is 17.6 Å². The lowest BCUT2D eigenvalue weighted by Gasteiger charge is -2.28. The zero-order valence-electron chi connectivity index (χ0n) is 36.8. The number of carboxylic acids is 1. The van der Waals surface area contributed by atoms with Crippen LogP contribution in [-0.2, 0) is 57.3 Å². The van der Waals surface area contributed by atoms with Crippen LogP contribution in [0.4, 0.5) is 0 Å². The van der Waals surface area contributed by atoms with Crippen molar-refractivity contribution in [1.82, 2.24) is 15.7 Å². The van der Waals surface area contributed by atoms with Crippen molar-refractivity contribution in [2.45, 2.75) is 175 Å². The number of aliphatic carboxylic acids is 1. The van der Waals surface area contributed by atoms with Crippen LogP contribution < -0.4 is 10.6 Å². The summed E-state index contributed by atoms with van der Waals surface area (Å²) in [5.74, 6) is -3.45. The van der Waals surface area contributed by atoms with E-state index in [-0.39, 0.29) is 76.9 Å². The van der Waals surface area contributed by atoms with Gasteiger partial charge in [0.1, 0.15) is 25.0 Å². The van der Waals surface area contributed by atoms with E-state index in [1.54, 1.807) is 27.7 Å². The summed E-state index contributed by atoms with van der Waals surface area (Å²) < 4.78 is 26.6. The molecule has 0 heterocycles. The Labute approximate surface area is 347 Å². The minimum Gasteiger partial charge on any atom is -0.480 e. The zero-order chi connectivity index (χ0) is 43.7. The van der Waals surface area contributed by atoms with Crippen molar-refractivity contribution >= 4 is 35.4 Å². The largest absolute Gasteiger partial charge is 0.480 e. The molecule has 0 spiro atoms. The number of ether oxygens (including phenoxy) is 5. The quantitative estimate of drug-likeness (QED) is 0.0222. The molecule has 0 radical (unpaired) electrons. The van der Waals surface area contributed by atoms with Gasteiger partial charge in [-0.25, -0.2) is 9.86 Å². The minimum atomic E-state index is -1.06. The van der Waals surface area contributed by atoms with Crippen LogP contribution in [0.3, 0.4) is 0 Å². The van der Waals surface area contributed by atoms with E-state index < -0.39 is 41.7 Å². The molecule has 338 valence electrons. The maximum atomic E-state index is 12.9. The zero-order valence-corrected chi connectivity index (χ0v) is 36.8. The summed E-state index contributed by atoms with van der Waals surface area (Å²) in [4.78, 5) is 78.1. The first-order valence-corrected chi connectivity index (χ1v) is 21.3. The number of hydrogen-bond donors (Lipinski definition) is 3. The maximum Gasteiger partial charge on any atom is 0.329 e. The molecule has 16 heteroatoms. The van der Waals surface area contributed by atoms with Crippen molar-refractivity contribution in [2.24, 2.45) is 0 Å². The number of rotatable bonds is 37. The Morgan fingerprint density at radius 2 is 1.10 bits per heavy atom. The number of nitrogens with one attached hydrogen (secondary N) is 2. The van der Waals surface area contributed by atoms with E-state index in [0.717, 1.165) is 43.6 Å². The molecule has 0 fully saturated rings. The number of carbonyl (C=O) groups excluding carboxylic acids is 5. The molecule has 3 N–H and O–H groups in total. The Bertz CT molecular complexity index is 1150. The average molecular weight is 832 g/mol. The highest BCUT2D eigenvalue weighted by molar-refractivity contribution is 6.35. The summed E-state index contributed by atoms with van der Waals surface area (Å²) in [6, 6.07) is 0. The van der Waals surface area contributed by atoms with Gasteiger partial charge in [-0.15, -0.1) is 0 Å². The molecule has 0 saturated heterocycles. The molecule has 0 aromatic carbocycles. The van der Waals surface area contributed by atoms with Crippen LogP contribution in [0.5, 0.6) is 0 Å². The van der Waals surface area contributed by atoms with E-state index in [4.69, 9.17) is 33.6 Å². The molecule has 0 aromatic rings. The second-order valence-corrected chi connectivity index (χ2v) is 16.2. The molecule has 0 saturated carbocycles. The Kier molecular flexibility index (Phi) is 31.8. The van der Waals surface area contributed by atoms with Crippen LogP contribution in [0.15, 0.2) is 0 Å². The Hall–Kier alpha value is -3.18. The molecule has 0 aliphatic heterocycles. The first-order valence-electron chi connectivity index (χ1n) is 21.3. The molecule has 16 nitrogen and oxygen atoms in total. The average Bonchev–Trinajstić information content (AvgIpc) is 3.12. The fraction of sp³-hybridized carbons (Fsp3) is 0.857. The molecule has 3 amide bonds. The third-order valence-electron chi connectivity index (χ3n) is 8.27. The van der Waals surface area contributed by atoms with Crippen molar-refractivity contribution in [2.75, 3.05) is 59.3 Å². The number of Topliss-reactive ketones (excluding diaryl/α,β-unsaturated/α-hetero) is 1. The summed E-state index contributed by atoms with van der Waals surface area (Å²) in [7, 11) is 0. The molecular weight excluding hydrogens is 754 g/mol. The lowest BCUT2D eigenvalue weighted by Crippen LogP contribution is -2.45. The first-order chi connectivity index (χ1) is 27.4. The van der Waals surface area contributed by atoms with E-state index in [0.29, 0.717) is 12.8 Å². The Morgan fingerprint density at radius 1 is 0.603 bits per heavy atom. The number of hydroxylamine groups is 2. The molecule has 0 aliphatic carbocycles. The van der Waals surface area contributed by atoms with E-state index in [2.05, 4.69) is 10.6 Å². The molecule has 0 rings (SSSR count). The van der Waals surface area contributed by atoms with Crippen molar-refractivity contribution in [3.63, 3.8) is 0 Å². The predicted octanol–water partition coefficient (Wildman–Crippen LogP) is 5.82. The fourth-order valence-electron chi connectivity index (χ4n) is 5.62. The van der Waals surface area contributed by atoms with Gasteiger partial charge >= 0.3 is 17.8 Å². The molecule has 1 atom stereocenters.